The van der Waals surface area contributed by atoms with E-state index in [4.69, 9.17) is 9.72 Å². The number of likely N-dealkylation sites (tertiary alicyclic amines) is 1. The average Bonchev–Trinajstić information content (AvgIpc) is 3.12. The highest BCUT2D eigenvalue weighted by Crippen LogP contribution is 2.39. The highest BCUT2D eigenvalue weighted by Gasteiger charge is 2.40. The molecule has 1 amide bonds. The Kier molecular flexibility index (Phi) is 4.16. The quantitative estimate of drug-likeness (QED) is 0.844. The normalized spacial score (nSPS) is 27.1. The Morgan fingerprint density at radius 2 is 2.00 bits per heavy atom. The van der Waals surface area contributed by atoms with Crippen LogP contribution >= 0.6 is 0 Å². The molecule has 2 saturated heterocycles. The maximum atomic E-state index is 13.0. The van der Waals surface area contributed by atoms with E-state index in [0.29, 0.717) is 5.92 Å². The summed E-state index contributed by atoms with van der Waals surface area (Å²) in [4.78, 5) is 26.5. The fraction of sp³-hybridized carbons (Fsp3) is 0.722. The number of aromatic nitrogens is 2. The second kappa shape index (κ2) is 6.31. The predicted molar refractivity (Wildman–Crippen MR) is 91.1 cm³/mol. The number of hydrogen-bond acceptors (Lipinski definition) is 5. The van der Waals surface area contributed by atoms with Crippen LogP contribution in [0.3, 0.4) is 0 Å². The minimum Gasteiger partial charge on any atom is -0.380 e. The van der Waals surface area contributed by atoms with Crippen molar-refractivity contribution in [3.63, 3.8) is 0 Å². The maximum Gasteiger partial charge on any atom is 0.245 e. The molecule has 0 aromatic carbocycles. The summed E-state index contributed by atoms with van der Waals surface area (Å²) in [5.41, 5.74) is 0.982. The van der Waals surface area contributed by atoms with Gasteiger partial charge in [-0.15, -0.1) is 0 Å². The molecule has 6 heteroatoms. The molecule has 4 rings (SSSR count). The first kappa shape index (κ1) is 15.8. The topological polar surface area (TPSA) is 58.6 Å². The van der Waals surface area contributed by atoms with Gasteiger partial charge in [0.15, 0.2) is 0 Å². The van der Waals surface area contributed by atoms with Crippen LogP contribution in [0.4, 0.5) is 5.82 Å². The summed E-state index contributed by atoms with van der Waals surface area (Å²) in [5, 5.41) is 0. The maximum absolute atomic E-state index is 13.0. The smallest absolute Gasteiger partial charge is 0.245 e. The number of rotatable bonds is 4. The standard InChI is InChI=1S/C18H26N4O2/c1-12-9-16(20-17(19-12)13-5-6-13)22-11-14(24-2)10-15(22)18(23)21-7-3-4-8-21/h9,13-15H,3-8,10-11H2,1-2H3/t14-,15-/m0/s1. The minimum absolute atomic E-state index is 0.0844. The lowest BCUT2D eigenvalue weighted by Gasteiger charge is -2.28. The molecule has 0 bridgehead atoms. The van der Waals surface area contributed by atoms with Gasteiger partial charge < -0.3 is 14.5 Å². The van der Waals surface area contributed by atoms with Gasteiger partial charge in [-0.25, -0.2) is 9.97 Å². The van der Waals surface area contributed by atoms with Crippen molar-refractivity contribution in [3.8, 4) is 0 Å². The Labute approximate surface area is 143 Å². The Hall–Kier alpha value is -1.69. The third-order valence-corrected chi connectivity index (χ3v) is 5.39. The average molecular weight is 330 g/mol. The second-order valence-electron chi connectivity index (χ2n) is 7.29. The molecule has 24 heavy (non-hydrogen) atoms. The molecule has 2 aliphatic heterocycles. The zero-order valence-electron chi connectivity index (χ0n) is 14.6. The molecule has 3 fully saturated rings. The molecular formula is C18H26N4O2. The highest BCUT2D eigenvalue weighted by atomic mass is 16.5. The lowest BCUT2D eigenvalue weighted by molar-refractivity contribution is -0.131. The van der Waals surface area contributed by atoms with Crippen LogP contribution in [0.25, 0.3) is 0 Å². The Bertz CT molecular complexity index is 625. The zero-order valence-corrected chi connectivity index (χ0v) is 14.6. The van der Waals surface area contributed by atoms with E-state index in [9.17, 15) is 4.79 Å². The minimum atomic E-state index is -0.158. The van der Waals surface area contributed by atoms with Crippen LogP contribution in [0, 0.1) is 6.92 Å². The van der Waals surface area contributed by atoms with Gasteiger partial charge in [0.1, 0.15) is 17.7 Å². The fourth-order valence-corrected chi connectivity index (χ4v) is 3.85. The Morgan fingerprint density at radius 3 is 2.67 bits per heavy atom. The van der Waals surface area contributed by atoms with Gasteiger partial charge in [0, 0.05) is 50.8 Å². The molecule has 1 aromatic heterocycles. The Morgan fingerprint density at radius 1 is 1.25 bits per heavy atom. The number of ether oxygens (including phenoxy) is 1. The third-order valence-electron chi connectivity index (χ3n) is 5.39. The van der Waals surface area contributed by atoms with Gasteiger partial charge in [0.2, 0.25) is 5.91 Å². The molecule has 1 aliphatic carbocycles. The number of amides is 1. The van der Waals surface area contributed by atoms with E-state index in [2.05, 4.69) is 9.88 Å². The molecule has 3 aliphatic rings. The number of nitrogens with zero attached hydrogens (tertiary/aromatic N) is 4. The fourth-order valence-electron chi connectivity index (χ4n) is 3.85. The van der Waals surface area contributed by atoms with Crippen LogP contribution in [-0.2, 0) is 9.53 Å². The van der Waals surface area contributed by atoms with Gasteiger partial charge in [-0.2, -0.15) is 0 Å². The number of methoxy groups -OCH3 is 1. The van der Waals surface area contributed by atoms with Gasteiger partial charge in [-0.1, -0.05) is 0 Å². The van der Waals surface area contributed by atoms with E-state index in [1.807, 2.05) is 17.9 Å². The molecular weight excluding hydrogens is 304 g/mol. The van der Waals surface area contributed by atoms with Crippen molar-refractivity contribution in [2.75, 3.05) is 31.6 Å². The van der Waals surface area contributed by atoms with Crippen LogP contribution in [-0.4, -0.2) is 59.7 Å². The number of carbonyl (C=O) groups excluding carboxylic acids is 1. The molecule has 0 radical (unpaired) electrons. The van der Waals surface area contributed by atoms with E-state index in [-0.39, 0.29) is 18.1 Å². The van der Waals surface area contributed by atoms with Crippen molar-refractivity contribution in [3.05, 3.63) is 17.6 Å². The summed E-state index contributed by atoms with van der Waals surface area (Å²) in [7, 11) is 1.73. The van der Waals surface area contributed by atoms with Gasteiger partial charge >= 0.3 is 0 Å². The van der Waals surface area contributed by atoms with Crippen molar-refractivity contribution >= 4 is 11.7 Å². The number of anilines is 1. The van der Waals surface area contributed by atoms with Gasteiger partial charge in [0.05, 0.1) is 6.10 Å². The SMILES string of the molecule is CO[C@H]1C[C@@H](C(=O)N2CCCC2)N(c2cc(C)nc(C3CC3)n2)C1. The number of carbonyl (C=O) groups is 1. The number of hydrogen-bond donors (Lipinski definition) is 0. The first-order chi connectivity index (χ1) is 11.7. The monoisotopic (exact) mass is 330 g/mol. The summed E-state index contributed by atoms with van der Waals surface area (Å²) in [6, 6.07) is 1.85. The van der Waals surface area contributed by atoms with Crippen molar-refractivity contribution in [2.24, 2.45) is 0 Å². The van der Waals surface area contributed by atoms with E-state index in [1.165, 1.54) is 12.8 Å². The van der Waals surface area contributed by atoms with Crippen molar-refractivity contribution in [1.29, 1.82) is 0 Å². The summed E-state index contributed by atoms with van der Waals surface area (Å²) in [6.07, 6.45) is 5.42. The summed E-state index contributed by atoms with van der Waals surface area (Å²) in [6.45, 7) is 4.51. The molecule has 1 saturated carbocycles. The second-order valence-corrected chi connectivity index (χ2v) is 7.29. The van der Waals surface area contributed by atoms with Crippen LogP contribution in [0.1, 0.15) is 49.5 Å². The molecule has 0 spiro atoms. The lowest BCUT2D eigenvalue weighted by atomic mass is 10.1. The first-order valence-electron chi connectivity index (χ1n) is 9.09. The summed E-state index contributed by atoms with van der Waals surface area (Å²) >= 11 is 0. The molecule has 2 atom stereocenters. The molecule has 1 aromatic rings. The zero-order chi connectivity index (χ0) is 16.7. The number of aryl methyl sites for hydroxylation is 1. The van der Waals surface area contributed by atoms with E-state index in [1.54, 1.807) is 7.11 Å². The van der Waals surface area contributed by atoms with Crippen molar-refractivity contribution in [1.82, 2.24) is 14.9 Å². The molecule has 0 N–H and O–H groups in total. The third kappa shape index (κ3) is 2.99. The van der Waals surface area contributed by atoms with E-state index in [0.717, 1.165) is 56.2 Å². The largest absolute Gasteiger partial charge is 0.380 e. The van der Waals surface area contributed by atoms with Crippen LogP contribution < -0.4 is 4.90 Å². The van der Waals surface area contributed by atoms with Crippen molar-refractivity contribution < 1.29 is 9.53 Å². The molecule has 0 unspecified atom stereocenters. The summed E-state index contributed by atoms with van der Waals surface area (Å²) in [5.74, 6) is 2.58. The van der Waals surface area contributed by atoms with Gasteiger partial charge in [-0.05, 0) is 32.6 Å². The summed E-state index contributed by atoms with van der Waals surface area (Å²) < 4.78 is 5.57. The van der Waals surface area contributed by atoms with E-state index < -0.39 is 0 Å². The predicted octanol–water partition coefficient (Wildman–Crippen LogP) is 1.88. The van der Waals surface area contributed by atoms with E-state index >= 15 is 0 Å². The van der Waals surface area contributed by atoms with Crippen molar-refractivity contribution in [2.45, 2.75) is 57.1 Å². The molecule has 6 nitrogen and oxygen atoms in total. The lowest BCUT2D eigenvalue weighted by Crippen LogP contribution is -2.45. The van der Waals surface area contributed by atoms with Gasteiger partial charge in [0.25, 0.3) is 0 Å². The first-order valence-corrected chi connectivity index (χ1v) is 9.09. The highest BCUT2D eigenvalue weighted by molar-refractivity contribution is 5.86. The molecule has 3 heterocycles. The van der Waals surface area contributed by atoms with Crippen LogP contribution in [0.15, 0.2) is 6.07 Å². The Balaban J connectivity index is 1.62. The van der Waals surface area contributed by atoms with Gasteiger partial charge in [-0.3, -0.25) is 4.79 Å². The molecule has 130 valence electrons. The van der Waals surface area contributed by atoms with Crippen LogP contribution in [0.5, 0.6) is 0 Å². The van der Waals surface area contributed by atoms with Crippen LogP contribution in [0.2, 0.25) is 0 Å².